The Hall–Kier alpha value is -0.0400. The van der Waals surface area contributed by atoms with Crippen LogP contribution in [0.4, 0.5) is 0 Å². The van der Waals surface area contributed by atoms with Gasteiger partial charge in [-0.05, 0) is 42.9 Å². The zero-order chi connectivity index (χ0) is 8.82. The maximum absolute atomic E-state index is 6.10. The second kappa shape index (κ2) is 2.47. The summed E-state index contributed by atoms with van der Waals surface area (Å²) in [5.74, 6) is 0. The van der Waals surface area contributed by atoms with Gasteiger partial charge < -0.3 is 5.73 Å². The van der Waals surface area contributed by atoms with Crippen LogP contribution in [0.3, 0.4) is 0 Å². The van der Waals surface area contributed by atoms with E-state index in [0.717, 1.165) is 0 Å². The van der Waals surface area contributed by atoms with E-state index < -0.39 is 0 Å². The SMILES string of the molecule is CCC1(C)CC(N)CC2(CC2)C1. The van der Waals surface area contributed by atoms with Gasteiger partial charge in [0.1, 0.15) is 0 Å². The van der Waals surface area contributed by atoms with Gasteiger partial charge in [-0.3, -0.25) is 0 Å². The normalized spacial score (nSPS) is 44.8. The summed E-state index contributed by atoms with van der Waals surface area (Å²) >= 11 is 0. The van der Waals surface area contributed by atoms with Crippen LogP contribution < -0.4 is 5.73 Å². The first kappa shape index (κ1) is 8.55. The molecule has 0 aromatic heterocycles. The largest absolute Gasteiger partial charge is 0.328 e. The Kier molecular flexibility index (Phi) is 1.76. The average Bonchev–Trinajstić information content (AvgIpc) is 2.67. The first-order valence-corrected chi connectivity index (χ1v) is 5.33. The van der Waals surface area contributed by atoms with Crippen LogP contribution in [0.1, 0.15) is 52.4 Å². The third kappa shape index (κ3) is 1.39. The molecule has 2 fully saturated rings. The van der Waals surface area contributed by atoms with E-state index in [9.17, 15) is 0 Å². The van der Waals surface area contributed by atoms with Crippen LogP contribution in [0.15, 0.2) is 0 Å². The van der Waals surface area contributed by atoms with Gasteiger partial charge in [-0.1, -0.05) is 20.3 Å². The van der Waals surface area contributed by atoms with Gasteiger partial charge in [-0.15, -0.1) is 0 Å². The van der Waals surface area contributed by atoms with Crippen molar-refractivity contribution in [2.24, 2.45) is 16.6 Å². The Morgan fingerprint density at radius 2 is 2.00 bits per heavy atom. The highest BCUT2D eigenvalue weighted by molar-refractivity contribution is 5.03. The molecule has 0 aliphatic heterocycles. The van der Waals surface area contributed by atoms with Gasteiger partial charge in [0.25, 0.3) is 0 Å². The van der Waals surface area contributed by atoms with Gasteiger partial charge in [0.15, 0.2) is 0 Å². The third-order valence-corrected chi connectivity index (χ3v) is 4.06. The smallest absolute Gasteiger partial charge is 0.00493 e. The summed E-state index contributed by atoms with van der Waals surface area (Å²) in [6.45, 7) is 4.74. The summed E-state index contributed by atoms with van der Waals surface area (Å²) in [6, 6.07) is 0.492. The Labute approximate surface area is 75.7 Å². The molecule has 0 aromatic carbocycles. The summed E-state index contributed by atoms with van der Waals surface area (Å²) in [5.41, 5.74) is 7.38. The molecule has 2 aliphatic carbocycles. The molecule has 1 spiro atoms. The molecule has 0 radical (unpaired) electrons. The van der Waals surface area contributed by atoms with Gasteiger partial charge in [-0.25, -0.2) is 0 Å². The molecule has 2 aliphatic rings. The quantitative estimate of drug-likeness (QED) is 0.638. The Morgan fingerprint density at radius 3 is 2.50 bits per heavy atom. The lowest BCUT2D eigenvalue weighted by molar-refractivity contribution is 0.121. The molecule has 0 amide bonds. The highest BCUT2D eigenvalue weighted by Gasteiger charge is 2.51. The van der Waals surface area contributed by atoms with E-state index in [4.69, 9.17) is 5.73 Å². The molecule has 12 heavy (non-hydrogen) atoms. The molecule has 2 unspecified atom stereocenters. The molecular weight excluding hydrogens is 146 g/mol. The van der Waals surface area contributed by atoms with Gasteiger partial charge in [-0.2, -0.15) is 0 Å². The van der Waals surface area contributed by atoms with Crippen molar-refractivity contribution in [1.82, 2.24) is 0 Å². The van der Waals surface area contributed by atoms with Gasteiger partial charge in [0.05, 0.1) is 0 Å². The van der Waals surface area contributed by atoms with Crippen molar-refractivity contribution in [2.75, 3.05) is 0 Å². The van der Waals surface area contributed by atoms with Crippen LogP contribution in [0.25, 0.3) is 0 Å². The molecule has 0 bridgehead atoms. The predicted molar refractivity (Wildman–Crippen MR) is 51.9 cm³/mol. The molecule has 0 aromatic rings. The van der Waals surface area contributed by atoms with Crippen molar-refractivity contribution in [3.63, 3.8) is 0 Å². The van der Waals surface area contributed by atoms with Crippen molar-refractivity contribution >= 4 is 0 Å². The van der Waals surface area contributed by atoms with Crippen molar-refractivity contribution in [3.8, 4) is 0 Å². The maximum atomic E-state index is 6.10. The van der Waals surface area contributed by atoms with E-state index in [1.807, 2.05) is 0 Å². The van der Waals surface area contributed by atoms with Gasteiger partial charge >= 0.3 is 0 Å². The zero-order valence-corrected chi connectivity index (χ0v) is 8.40. The molecule has 0 saturated heterocycles. The fourth-order valence-electron chi connectivity index (χ4n) is 3.14. The highest BCUT2D eigenvalue weighted by atomic mass is 14.7. The van der Waals surface area contributed by atoms with Crippen LogP contribution in [0.2, 0.25) is 0 Å². The average molecular weight is 167 g/mol. The van der Waals surface area contributed by atoms with Crippen LogP contribution in [0.5, 0.6) is 0 Å². The summed E-state index contributed by atoms with van der Waals surface area (Å²) in [7, 11) is 0. The lowest BCUT2D eigenvalue weighted by Gasteiger charge is -2.41. The highest BCUT2D eigenvalue weighted by Crippen LogP contribution is 2.61. The number of rotatable bonds is 1. The van der Waals surface area contributed by atoms with Crippen molar-refractivity contribution in [3.05, 3.63) is 0 Å². The first-order valence-electron chi connectivity index (χ1n) is 5.33. The predicted octanol–water partition coefficient (Wildman–Crippen LogP) is 2.69. The minimum Gasteiger partial charge on any atom is -0.328 e. The van der Waals surface area contributed by atoms with Crippen molar-refractivity contribution in [1.29, 1.82) is 0 Å². The molecule has 2 rings (SSSR count). The fourth-order valence-corrected chi connectivity index (χ4v) is 3.14. The molecule has 0 heterocycles. The third-order valence-electron chi connectivity index (χ3n) is 4.06. The Balaban J connectivity index is 2.08. The van der Waals surface area contributed by atoms with Crippen molar-refractivity contribution < 1.29 is 0 Å². The lowest BCUT2D eigenvalue weighted by atomic mass is 9.66. The van der Waals surface area contributed by atoms with Crippen molar-refractivity contribution in [2.45, 2.75) is 58.4 Å². The summed E-state index contributed by atoms with van der Waals surface area (Å²) < 4.78 is 0. The fraction of sp³-hybridized carbons (Fsp3) is 1.00. The standard InChI is InChI=1S/C11H21N/c1-3-10(2)6-9(12)7-11(8-10)4-5-11/h9H,3-8,12H2,1-2H3. The number of hydrogen-bond donors (Lipinski definition) is 1. The Morgan fingerprint density at radius 1 is 1.33 bits per heavy atom. The van der Waals surface area contributed by atoms with Crippen LogP contribution >= 0.6 is 0 Å². The van der Waals surface area contributed by atoms with E-state index >= 15 is 0 Å². The lowest BCUT2D eigenvalue weighted by Crippen LogP contribution is -2.39. The second-order valence-corrected chi connectivity index (χ2v) is 5.51. The maximum Gasteiger partial charge on any atom is 0.00493 e. The number of nitrogens with two attached hydrogens (primary N) is 1. The topological polar surface area (TPSA) is 26.0 Å². The van der Waals surface area contributed by atoms with Crippen LogP contribution in [0, 0.1) is 10.8 Å². The second-order valence-electron chi connectivity index (χ2n) is 5.51. The van der Waals surface area contributed by atoms with E-state index in [2.05, 4.69) is 13.8 Å². The van der Waals surface area contributed by atoms with Crippen LogP contribution in [-0.2, 0) is 0 Å². The number of hydrogen-bond acceptors (Lipinski definition) is 1. The van der Waals surface area contributed by atoms with E-state index in [1.54, 1.807) is 0 Å². The summed E-state index contributed by atoms with van der Waals surface area (Å²) in [5, 5.41) is 0. The first-order chi connectivity index (χ1) is 5.58. The monoisotopic (exact) mass is 167 g/mol. The van der Waals surface area contributed by atoms with E-state index in [0.29, 0.717) is 16.9 Å². The molecular formula is C11H21N. The summed E-state index contributed by atoms with van der Waals surface area (Å²) in [4.78, 5) is 0. The van der Waals surface area contributed by atoms with Gasteiger partial charge in [0, 0.05) is 6.04 Å². The molecule has 2 saturated carbocycles. The van der Waals surface area contributed by atoms with Crippen LogP contribution in [-0.4, -0.2) is 6.04 Å². The summed E-state index contributed by atoms with van der Waals surface area (Å²) in [6.07, 6.45) is 8.23. The Bertz CT molecular complexity index is 183. The molecule has 1 heteroatoms. The molecule has 70 valence electrons. The zero-order valence-electron chi connectivity index (χ0n) is 8.40. The van der Waals surface area contributed by atoms with E-state index in [-0.39, 0.29) is 0 Å². The van der Waals surface area contributed by atoms with E-state index in [1.165, 1.54) is 38.5 Å². The van der Waals surface area contributed by atoms with Gasteiger partial charge in [0.2, 0.25) is 0 Å². The molecule has 2 atom stereocenters. The molecule has 2 N–H and O–H groups in total. The minimum atomic E-state index is 0.492. The minimum absolute atomic E-state index is 0.492. The molecule has 1 nitrogen and oxygen atoms in total.